The Morgan fingerprint density at radius 3 is 1.02 bits per heavy atom. The second-order valence-electron chi connectivity index (χ2n) is 13.3. The van der Waals surface area contributed by atoms with Crippen molar-refractivity contribution in [1.82, 2.24) is 0 Å². The van der Waals surface area contributed by atoms with Crippen LogP contribution in [0.25, 0.3) is 77.9 Å². The summed E-state index contributed by atoms with van der Waals surface area (Å²) in [5, 5.41) is 0. The fourth-order valence-electron chi connectivity index (χ4n) is 7.34. The summed E-state index contributed by atoms with van der Waals surface area (Å²) in [6.07, 6.45) is 0. The van der Waals surface area contributed by atoms with Crippen molar-refractivity contribution in [1.29, 1.82) is 0 Å². The average molecular weight is 669 g/mol. The number of fused-ring (bicyclic) bond motifs is 3. The van der Waals surface area contributed by atoms with Gasteiger partial charge in [-0.3, -0.25) is 0 Å². The van der Waals surface area contributed by atoms with Gasteiger partial charge in [-0.2, -0.15) is 11.8 Å². The molecule has 1 aliphatic rings. The molecule has 0 saturated carbocycles. The van der Waals surface area contributed by atoms with Gasteiger partial charge in [-0.05, 0) is 138 Å². The van der Waals surface area contributed by atoms with Gasteiger partial charge in [0.25, 0.3) is 0 Å². The Bertz CT molecular complexity index is 2350. The molecule has 8 aromatic carbocycles. The summed E-state index contributed by atoms with van der Waals surface area (Å²) >= 11 is 2.01. The molecule has 0 nitrogen and oxygen atoms in total. The van der Waals surface area contributed by atoms with E-state index in [-0.39, 0.29) is 0 Å². The molecule has 1 heteroatoms. The summed E-state index contributed by atoms with van der Waals surface area (Å²) in [6, 6.07) is 71.2. The number of benzene rings is 8. The van der Waals surface area contributed by atoms with Gasteiger partial charge in [0.15, 0.2) is 0 Å². The number of hydrogen-bond acceptors (Lipinski definition) is 1. The predicted octanol–water partition coefficient (Wildman–Crippen LogP) is 14.1. The van der Waals surface area contributed by atoms with Crippen LogP contribution in [0.5, 0.6) is 0 Å². The Morgan fingerprint density at radius 2 is 0.588 bits per heavy atom. The highest BCUT2D eigenvalue weighted by molar-refractivity contribution is 7.97. The molecule has 8 aromatic rings. The molecule has 0 bridgehead atoms. The van der Waals surface area contributed by atoms with E-state index in [0.717, 1.165) is 11.5 Å². The molecule has 0 radical (unpaired) electrons. The van der Waals surface area contributed by atoms with E-state index >= 15 is 0 Å². The Balaban J connectivity index is 1.14. The van der Waals surface area contributed by atoms with Crippen molar-refractivity contribution in [3.05, 3.63) is 205 Å². The highest BCUT2D eigenvalue weighted by Gasteiger charge is 2.18. The fourth-order valence-corrected chi connectivity index (χ4v) is 8.37. The third kappa shape index (κ3) is 6.45. The smallest absolute Gasteiger partial charge is 0.0194 e. The van der Waals surface area contributed by atoms with Crippen LogP contribution in [0.15, 0.2) is 194 Å². The first kappa shape index (κ1) is 31.1. The van der Waals surface area contributed by atoms with Gasteiger partial charge < -0.3 is 0 Å². The molecule has 242 valence electrons. The topological polar surface area (TPSA) is 0 Å². The minimum atomic E-state index is 0.985. The Kier molecular flexibility index (Phi) is 8.41. The normalized spacial score (nSPS) is 12.1. The molecular formula is C50H36S. The van der Waals surface area contributed by atoms with Crippen molar-refractivity contribution in [3.63, 3.8) is 0 Å². The number of thioether (sulfide) groups is 1. The SMILES string of the molecule is c1ccc(-c2cc(-c3ccccc3)cc(-c3ccc4c(c3)CSCc3ccc(-c5cc(-c6ccccc6)cc(-c6ccccc6)c5)cc3-4)c2)cc1. The molecule has 0 unspecified atom stereocenters. The number of hydrogen-bond donors (Lipinski definition) is 0. The molecule has 0 amide bonds. The largest absolute Gasteiger partial charge is 0.152 e. The van der Waals surface area contributed by atoms with Crippen LogP contribution in [0.2, 0.25) is 0 Å². The molecule has 9 rings (SSSR count). The van der Waals surface area contributed by atoms with Gasteiger partial charge in [0.1, 0.15) is 0 Å². The second kappa shape index (κ2) is 13.8. The van der Waals surface area contributed by atoms with Crippen LogP contribution in [0.3, 0.4) is 0 Å². The minimum Gasteiger partial charge on any atom is -0.152 e. The molecular weight excluding hydrogens is 633 g/mol. The molecule has 0 atom stereocenters. The molecule has 1 aliphatic heterocycles. The Labute approximate surface area is 305 Å². The van der Waals surface area contributed by atoms with E-state index in [4.69, 9.17) is 0 Å². The first-order valence-electron chi connectivity index (χ1n) is 17.6. The van der Waals surface area contributed by atoms with Gasteiger partial charge in [-0.25, -0.2) is 0 Å². The van der Waals surface area contributed by atoms with Gasteiger partial charge in [0, 0.05) is 11.5 Å². The first-order chi connectivity index (χ1) is 25.2. The van der Waals surface area contributed by atoms with Crippen LogP contribution in [0, 0.1) is 0 Å². The summed E-state index contributed by atoms with van der Waals surface area (Å²) in [5.74, 6) is 1.99. The lowest BCUT2D eigenvalue weighted by Gasteiger charge is -2.16. The van der Waals surface area contributed by atoms with Crippen LogP contribution in [-0.2, 0) is 11.5 Å². The zero-order valence-corrected chi connectivity index (χ0v) is 29.1. The van der Waals surface area contributed by atoms with Gasteiger partial charge in [0.2, 0.25) is 0 Å². The highest BCUT2D eigenvalue weighted by Crippen LogP contribution is 2.42. The maximum atomic E-state index is 2.44. The van der Waals surface area contributed by atoms with E-state index < -0.39 is 0 Å². The maximum Gasteiger partial charge on any atom is 0.0194 e. The summed E-state index contributed by atoms with van der Waals surface area (Å²) in [5.41, 5.74) is 20.3. The Morgan fingerprint density at radius 1 is 0.235 bits per heavy atom. The van der Waals surface area contributed by atoms with Gasteiger partial charge >= 0.3 is 0 Å². The molecule has 0 N–H and O–H groups in total. The van der Waals surface area contributed by atoms with E-state index in [1.807, 2.05) is 11.8 Å². The lowest BCUT2D eigenvalue weighted by Crippen LogP contribution is -1.92. The van der Waals surface area contributed by atoms with Crippen molar-refractivity contribution in [2.24, 2.45) is 0 Å². The summed E-state index contributed by atoms with van der Waals surface area (Å²) in [6.45, 7) is 0. The van der Waals surface area contributed by atoms with E-state index in [1.165, 1.54) is 89.0 Å². The van der Waals surface area contributed by atoms with Crippen molar-refractivity contribution in [3.8, 4) is 77.9 Å². The third-order valence-corrected chi connectivity index (χ3v) is 11.0. The van der Waals surface area contributed by atoms with Gasteiger partial charge in [0.05, 0.1) is 0 Å². The lowest BCUT2D eigenvalue weighted by atomic mass is 9.88. The molecule has 51 heavy (non-hydrogen) atoms. The van der Waals surface area contributed by atoms with Crippen molar-refractivity contribution in [2.45, 2.75) is 11.5 Å². The molecule has 0 fully saturated rings. The average Bonchev–Trinajstić information content (AvgIpc) is 3.40. The summed E-state index contributed by atoms with van der Waals surface area (Å²) < 4.78 is 0. The van der Waals surface area contributed by atoms with Gasteiger partial charge in [-0.1, -0.05) is 146 Å². The van der Waals surface area contributed by atoms with Crippen molar-refractivity contribution < 1.29 is 0 Å². The Hall–Kier alpha value is -5.89. The minimum absolute atomic E-state index is 0.985. The second-order valence-corrected chi connectivity index (χ2v) is 14.3. The maximum absolute atomic E-state index is 2.44. The summed E-state index contributed by atoms with van der Waals surface area (Å²) in [7, 11) is 0. The highest BCUT2D eigenvalue weighted by atomic mass is 32.2. The zero-order chi connectivity index (χ0) is 34.0. The van der Waals surface area contributed by atoms with Gasteiger partial charge in [-0.15, -0.1) is 0 Å². The summed E-state index contributed by atoms with van der Waals surface area (Å²) in [4.78, 5) is 0. The monoisotopic (exact) mass is 668 g/mol. The van der Waals surface area contributed by atoms with E-state index in [0.29, 0.717) is 0 Å². The lowest BCUT2D eigenvalue weighted by molar-refractivity contribution is 1.41. The van der Waals surface area contributed by atoms with Crippen LogP contribution in [-0.4, -0.2) is 0 Å². The van der Waals surface area contributed by atoms with E-state index in [9.17, 15) is 0 Å². The molecule has 0 spiro atoms. The standard InChI is InChI=1S/C50H36S/c1-5-13-35(14-6-1)42-26-43(36-15-7-2-8-16-36)29-46(28-42)39-23-24-49-48(25-39)34-51-33-41-22-21-40(32-50(41)49)47-30-44(37-17-9-3-10-18-37)27-45(31-47)38-19-11-4-12-20-38/h1-32H,33-34H2. The van der Waals surface area contributed by atoms with E-state index in [2.05, 4.69) is 194 Å². The number of rotatable bonds is 6. The molecule has 1 heterocycles. The van der Waals surface area contributed by atoms with E-state index in [1.54, 1.807) is 0 Å². The van der Waals surface area contributed by atoms with Crippen LogP contribution < -0.4 is 0 Å². The third-order valence-electron chi connectivity index (χ3n) is 9.98. The van der Waals surface area contributed by atoms with Crippen LogP contribution >= 0.6 is 11.8 Å². The van der Waals surface area contributed by atoms with Crippen molar-refractivity contribution in [2.75, 3.05) is 0 Å². The first-order valence-corrected chi connectivity index (χ1v) is 18.8. The predicted molar refractivity (Wildman–Crippen MR) is 219 cm³/mol. The van der Waals surface area contributed by atoms with Crippen molar-refractivity contribution >= 4 is 11.8 Å². The van der Waals surface area contributed by atoms with Crippen LogP contribution in [0.4, 0.5) is 0 Å². The molecule has 0 aromatic heterocycles. The fraction of sp³-hybridized carbons (Fsp3) is 0.0400. The zero-order valence-electron chi connectivity index (χ0n) is 28.3. The molecule has 0 saturated heterocycles. The molecule has 0 aliphatic carbocycles. The quantitative estimate of drug-likeness (QED) is 0.170. The van der Waals surface area contributed by atoms with Crippen LogP contribution in [0.1, 0.15) is 11.1 Å².